The van der Waals surface area contributed by atoms with Gasteiger partial charge in [0.05, 0.1) is 0 Å². The van der Waals surface area contributed by atoms with Crippen molar-refractivity contribution >= 4 is 27.8 Å². The topological polar surface area (TPSA) is 54.0 Å². The molecule has 0 fully saturated rings. The van der Waals surface area contributed by atoms with E-state index in [4.69, 9.17) is 18.9 Å². The Balaban J connectivity index is 1.57. The number of carbonyl (C=O) groups is 1. The summed E-state index contributed by atoms with van der Waals surface area (Å²) < 4.78 is 22.5. The number of ketones is 1. The highest BCUT2D eigenvalue weighted by atomic mass is 79.9. The molecule has 0 aliphatic carbocycles. The fourth-order valence-corrected chi connectivity index (χ4v) is 2.97. The summed E-state index contributed by atoms with van der Waals surface area (Å²) in [6.45, 7) is 1.23. The van der Waals surface area contributed by atoms with Gasteiger partial charge < -0.3 is 18.9 Å². The van der Waals surface area contributed by atoms with Crippen molar-refractivity contribution in [2.75, 3.05) is 20.0 Å². The minimum Gasteiger partial charge on any atom is -0.486 e. The van der Waals surface area contributed by atoms with Crippen LogP contribution in [-0.4, -0.2) is 25.8 Å². The average Bonchev–Trinajstić information content (AvgIpc) is 3.06. The summed E-state index contributed by atoms with van der Waals surface area (Å²) in [6, 6.07) is 8.85. The lowest BCUT2D eigenvalue weighted by Gasteiger charge is -2.18. The Hall–Kier alpha value is -2.47. The van der Waals surface area contributed by atoms with Crippen LogP contribution in [0.1, 0.15) is 15.9 Å². The van der Waals surface area contributed by atoms with Gasteiger partial charge in [-0.1, -0.05) is 15.9 Å². The third-order valence-electron chi connectivity index (χ3n) is 3.73. The number of ether oxygens (including phenoxy) is 4. The summed E-state index contributed by atoms with van der Waals surface area (Å²) in [5, 5.41) is 0. The maximum Gasteiger partial charge on any atom is 0.231 e. The molecule has 24 heavy (non-hydrogen) atoms. The van der Waals surface area contributed by atoms with Crippen molar-refractivity contribution in [1.29, 1.82) is 0 Å². The van der Waals surface area contributed by atoms with Crippen LogP contribution in [0.3, 0.4) is 0 Å². The van der Waals surface area contributed by atoms with E-state index in [1.54, 1.807) is 24.3 Å². The number of hydrogen-bond donors (Lipinski definition) is 0. The lowest BCUT2D eigenvalue weighted by Crippen LogP contribution is -2.15. The van der Waals surface area contributed by atoms with Crippen molar-refractivity contribution in [3.8, 4) is 23.0 Å². The maximum absolute atomic E-state index is 12.4. The molecule has 122 valence electrons. The van der Waals surface area contributed by atoms with E-state index in [9.17, 15) is 4.79 Å². The second-order valence-electron chi connectivity index (χ2n) is 5.28. The normalized spacial score (nSPS) is 14.9. The van der Waals surface area contributed by atoms with E-state index in [0.29, 0.717) is 41.8 Å². The zero-order chi connectivity index (χ0) is 16.5. The lowest BCUT2D eigenvalue weighted by atomic mass is 10.1. The van der Waals surface area contributed by atoms with Crippen LogP contribution in [0.2, 0.25) is 0 Å². The maximum atomic E-state index is 12.4. The third kappa shape index (κ3) is 2.85. The Morgan fingerprint density at radius 3 is 2.46 bits per heavy atom. The molecule has 0 saturated heterocycles. The number of halogens is 1. The molecule has 2 aliphatic rings. The monoisotopic (exact) mass is 388 g/mol. The van der Waals surface area contributed by atoms with E-state index in [1.807, 2.05) is 12.1 Å². The van der Waals surface area contributed by atoms with Gasteiger partial charge in [0, 0.05) is 10.0 Å². The molecular formula is C18H13BrO5. The molecule has 2 aliphatic heterocycles. The molecule has 4 rings (SSSR count). The van der Waals surface area contributed by atoms with Crippen LogP contribution >= 0.6 is 15.9 Å². The standard InChI is InChI=1S/C18H13BrO5/c19-13-9-18-17(23-10-24-18)7-11(13)1-3-14(20)12-2-4-15-16(8-12)22-6-5-21-15/h1-4,7-9H,5-6,10H2/b3-1+. The smallest absolute Gasteiger partial charge is 0.231 e. The van der Waals surface area contributed by atoms with Crippen molar-refractivity contribution < 1.29 is 23.7 Å². The van der Waals surface area contributed by atoms with Gasteiger partial charge in [-0.3, -0.25) is 4.79 Å². The van der Waals surface area contributed by atoms with E-state index in [0.717, 1.165) is 10.0 Å². The number of benzene rings is 2. The number of carbonyl (C=O) groups excluding carboxylic acids is 1. The van der Waals surface area contributed by atoms with E-state index in [-0.39, 0.29) is 12.6 Å². The van der Waals surface area contributed by atoms with Crippen LogP contribution in [0, 0.1) is 0 Å². The zero-order valence-corrected chi connectivity index (χ0v) is 14.2. The minimum absolute atomic E-state index is 0.114. The molecule has 2 aromatic rings. The molecule has 2 aromatic carbocycles. The summed E-state index contributed by atoms with van der Waals surface area (Å²) >= 11 is 3.47. The van der Waals surface area contributed by atoms with E-state index < -0.39 is 0 Å². The van der Waals surface area contributed by atoms with Gasteiger partial charge in [0.15, 0.2) is 28.8 Å². The van der Waals surface area contributed by atoms with Gasteiger partial charge in [-0.05, 0) is 48.0 Å². The van der Waals surface area contributed by atoms with Crippen LogP contribution in [0.4, 0.5) is 0 Å². The van der Waals surface area contributed by atoms with Crippen molar-refractivity contribution in [3.05, 3.63) is 52.0 Å². The first kappa shape index (κ1) is 15.1. The molecule has 5 nitrogen and oxygen atoms in total. The summed E-state index contributed by atoms with van der Waals surface area (Å²) in [7, 11) is 0. The summed E-state index contributed by atoms with van der Waals surface area (Å²) in [4.78, 5) is 12.4. The first-order chi connectivity index (χ1) is 11.7. The first-order valence-electron chi connectivity index (χ1n) is 7.42. The Labute approximate surface area is 146 Å². The summed E-state index contributed by atoms with van der Waals surface area (Å²) in [5.74, 6) is 2.52. The van der Waals surface area contributed by atoms with Crippen LogP contribution in [0.5, 0.6) is 23.0 Å². The highest BCUT2D eigenvalue weighted by molar-refractivity contribution is 9.10. The predicted octanol–water partition coefficient (Wildman–Crippen LogP) is 3.85. The van der Waals surface area contributed by atoms with Crippen molar-refractivity contribution in [3.63, 3.8) is 0 Å². The largest absolute Gasteiger partial charge is 0.486 e. The highest BCUT2D eigenvalue weighted by Gasteiger charge is 2.16. The fraction of sp³-hybridized carbons (Fsp3) is 0.167. The third-order valence-corrected chi connectivity index (χ3v) is 4.42. The second-order valence-corrected chi connectivity index (χ2v) is 6.14. The zero-order valence-electron chi connectivity index (χ0n) is 12.6. The Kier molecular flexibility index (Phi) is 3.90. The van der Waals surface area contributed by atoms with Crippen molar-refractivity contribution in [2.24, 2.45) is 0 Å². The predicted molar refractivity (Wildman–Crippen MR) is 91.1 cm³/mol. The van der Waals surface area contributed by atoms with Crippen LogP contribution in [-0.2, 0) is 0 Å². The number of allylic oxidation sites excluding steroid dienone is 1. The van der Waals surface area contributed by atoms with Crippen molar-refractivity contribution in [1.82, 2.24) is 0 Å². The van der Waals surface area contributed by atoms with Gasteiger partial charge >= 0.3 is 0 Å². The van der Waals surface area contributed by atoms with E-state index in [2.05, 4.69) is 15.9 Å². The Morgan fingerprint density at radius 2 is 1.62 bits per heavy atom. The van der Waals surface area contributed by atoms with Gasteiger partial charge in [0.25, 0.3) is 0 Å². The molecule has 2 heterocycles. The van der Waals surface area contributed by atoms with E-state index in [1.165, 1.54) is 6.08 Å². The van der Waals surface area contributed by atoms with Crippen LogP contribution < -0.4 is 18.9 Å². The SMILES string of the molecule is O=C(/C=C/c1cc2c(cc1Br)OCO2)c1ccc2c(c1)OCCO2. The van der Waals surface area contributed by atoms with E-state index >= 15 is 0 Å². The number of hydrogen-bond acceptors (Lipinski definition) is 5. The van der Waals surface area contributed by atoms with Crippen molar-refractivity contribution in [2.45, 2.75) is 0 Å². The van der Waals surface area contributed by atoms with Crippen LogP contribution in [0.15, 0.2) is 40.9 Å². The van der Waals surface area contributed by atoms with Gasteiger partial charge in [-0.25, -0.2) is 0 Å². The minimum atomic E-state index is -0.114. The summed E-state index contributed by atoms with van der Waals surface area (Å²) in [5.41, 5.74) is 1.39. The number of fused-ring (bicyclic) bond motifs is 2. The summed E-state index contributed by atoms with van der Waals surface area (Å²) in [6.07, 6.45) is 3.26. The van der Waals surface area contributed by atoms with Gasteiger partial charge in [-0.15, -0.1) is 0 Å². The molecule has 0 saturated carbocycles. The molecule has 0 N–H and O–H groups in total. The molecular weight excluding hydrogens is 376 g/mol. The molecule has 0 amide bonds. The number of rotatable bonds is 3. The van der Waals surface area contributed by atoms with Gasteiger partial charge in [-0.2, -0.15) is 0 Å². The van der Waals surface area contributed by atoms with Gasteiger partial charge in [0.2, 0.25) is 6.79 Å². The lowest BCUT2D eigenvalue weighted by molar-refractivity contribution is 0.104. The molecule has 0 bridgehead atoms. The van der Waals surface area contributed by atoms with Crippen LogP contribution in [0.25, 0.3) is 6.08 Å². The quantitative estimate of drug-likeness (QED) is 0.590. The molecule has 0 spiro atoms. The molecule has 6 heteroatoms. The molecule has 0 unspecified atom stereocenters. The van der Waals surface area contributed by atoms with Gasteiger partial charge in [0.1, 0.15) is 13.2 Å². The second kappa shape index (κ2) is 6.20. The molecule has 0 aromatic heterocycles. The average molecular weight is 389 g/mol. The fourth-order valence-electron chi connectivity index (χ4n) is 2.52. The Morgan fingerprint density at radius 1 is 0.917 bits per heavy atom. The highest BCUT2D eigenvalue weighted by Crippen LogP contribution is 2.37. The molecule has 0 radical (unpaired) electrons. The Bertz CT molecular complexity index is 844. The molecule has 0 atom stereocenters. The first-order valence-corrected chi connectivity index (χ1v) is 8.21.